The van der Waals surface area contributed by atoms with Crippen LogP contribution in [-0.2, 0) is 14.4 Å². The zero-order chi connectivity index (χ0) is 29.4. The lowest BCUT2D eigenvalue weighted by Gasteiger charge is -2.35. The number of hydrogen-bond acceptors (Lipinski definition) is 6. The Morgan fingerprint density at radius 1 is 1.10 bits per heavy atom. The lowest BCUT2D eigenvalue weighted by Crippen LogP contribution is -2.54. The summed E-state index contributed by atoms with van der Waals surface area (Å²) in [5, 5.41) is 9.56. The predicted octanol–water partition coefficient (Wildman–Crippen LogP) is 5.72. The molecular formula is C31H55N5O3S. The van der Waals surface area contributed by atoms with Gasteiger partial charge in [0.15, 0.2) is 4.99 Å². The zero-order valence-electron chi connectivity index (χ0n) is 25.3. The zero-order valence-corrected chi connectivity index (χ0v) is 26.1. The summed E-state index contributed by atoms with van der Waals surface area (Å²) in [5.74, 6) is 0.235. The number of nitrogens with zero attached hydrogens (tertiary/aromatic N) is 2. The van der Waals surface area contributed by atoms with Crippen molar-refractivity contribution in [1.29, 1.82) is 0 Å². The van der Waals surface area contributed by atoms with Crippen molar-refractivity contribution < 1.29 is 17.2 Å². The van der Waals surface area contributed by atoms with Crippen molar-refractivity contribution in [1.82, 2.24) is 20.4 Å². The van der Waals surface area contributed by atoms with Crippen LogP contribution in [0.5, 0.6) is 0 Å². The molecule has 0 radical (unpaired) electrons. The first kappa shape index (κ1) is 33.7. The number of fused-ring (bicyclic) bond motifs is 1. The van der Waals surface area contributed by atoms with Crippen molar-refractivity contribution in [2.45, 2.75) is 89.5 Å². The van der Waals surface area contributed by atoms with Crippen molar-refractivity contribution in [2.24, 2.45) is 5.92 Å². The lowest BCUT2D eigenvalue weighted by molar-refractivity contribution is -0.133. The monoisotopic (exact) mass is 577 g/mol. The van der Waals surface area contributed by atoms with Gasteiger partial charge in [-0.1, -0.05) is 76.6 Å². The summed E-state index contributed by atoms with van der Waals surface area (Å²) in [4.78, 5) is 42.3. The molecule has 0 aliphatic carbocycles. The van der Waals surface area contributed by atoms with Crippen LogP contribution in [0.15, 0.2) is 41.3 Å². The minimum Gasteiger partial charge on any atom is -0.356 e. The molecule has 1 unspecified atom stereocenters. The topological polar surface area (TPSA) is 93.8 Å². The fraction of sp³-hybridized carbons (Fsp3) is 0.645. The number of benzene rings is 1. The van der Waals surface area contributed by atoms with Crippen molar-refractivity contribution in [3.63, 3.8) is 0 Å². The van der Waals surface area contributed by atoms with Gasteiger partial charge < -0.3 is 20.9 Å². The molecule has 1 aromatic rings. The van der Waals surface area contributed by atoms with Crippen molar-refractivity contribution in [3.05, 3.63) is 36.4 Å². The number of carbonyl (C=O) groups is 3. The van der Waals surface area contributed by atoms with Crippen LogP contribution in [0.2, 0.25) is 0 Å². The molecule has 0 bridgehead atoms. The highest BCUT2D eigenvalue weighted by molar-refractivity contribution is 8.01. The van der Waals surface area contributed by atoms with Crippen molar-refractivity contribution >= 4 is 35.2 Å². The highest BCUT2D eigenvalue weighted by Gasteiger charge is 2.35. The van der Waals surface area contributed by atoms with E-state index in [9.17, 15) is 14.4 Å². The average Bonchev–Trinajstić information content (AvgIpc) is 3.29. The van der Waals surface area contributed by atoms with Crippen LogP contribution in [0, 0.1) is 5.92 Å². The summed E-state index contributed by atoms with van der Waals surface area (Å²) in [7, 11) is 0. The SMILES string of the molecule is CC.CC/C=C/[C@H](CCC)C(=O)NCCCCCC(=O)N1CCN(CC(=O)NC2(C)Nc3ccccc3S2)CC1.[HH].[HH]. The van der Waals surface area contributed by atoms with Crippen LogP contribution >= 0.6 is 11.8 Å². The molecular weight excluding hydrogens is 522 g/mol. The van der Waals surface area contributed by atoms with E-state index in [0.717, 1.165) is 49.1 Å². The number of carbonyl (C=O) groups excluding carboxylic acids is 3. The van der Waals surface area contributed by atoms with E-state index < -0.39 is 4.99 Å². The number of amides is 3. The number of allylic oxidation sites excluding steroid dienone is 1. The van der Waals surface area contributed by atoms with Crippen molar-refractivity contribution in [2.75, 3.05) is 44.6 Å². The Kier molecular flexibility index (Phi) is 15.2. The molecule has 40 heavy (non-hydrogen) atoms. The molecule has 2 heterocycles. The van der Waals surface area contributed by atoms with Crippen LogP contribution in [-0.4, -0.2) is 71.8 Å². The number of nitrogens with one attached hydrogen (secondary N) is 3. The Labute approximate surface area is 249 Å². The fourth-order valence-corrected chi connectivity index (χ4v) is 6.03. The number of rotatable bonds is 14. The van der Waals surface area contributed by atoms with Crippen LogP contribution < -0.4 is 16.0 Å². The quantitative estimate of drug-likeness (QED) is 0.194. The Hall–Kier alpha value is -2.52. The largest absolute Gasteiger partial charge is 0.356 e. The summed E-state index contributed by atoms with van der Waals surface area (Å²) in [5.41, 5.74) is 1.04. The average molecular weight is 578 g/mol. The highest BCUT2D eigenvalue weighted by Crippen LogP contribution is 2.43. The summed E-state index contributed by atoms with van der Waals surface area (Å²) in [6.45, 7) is 13.9. The third kappa shape index (κ3) is 11.2. The Morgan fingerprint density at radius 2 is 1.82 bits per heavy atom. The second-order valence-electron chi connectivity index (χ2n) is 10.3. The van der Waals surface area contributed by atoms with E-state index >= 15 is 0 Å². The third-order valence-corrected chi connectivity index (χ3v) is 8.14. The number of piperazine rings is 1. The van der Waals surface area contributed by atoms with Gasteiger partial charge in [-0.25, -0.2) is 0 Å². The molecule has 2 aliphatic heterocycles. The van der Waals surface area contributed by atoms with E-state index in [1.165, 1.54) is 0 Å². The molecule has 3 N–H and O–H groups in total. The van der Waals surface area contributed by atoms with Gasteiger partial charge in [-0.2, -0.15) is 0 Å². The molecule has 3 amide bonds. The predicted molar refractivity (Wildman–Crippen MR) is 170 cm³/mol. The Morgan fingerprint density at radius 3 is 2.50 bits per heavy atom. The number of thioether (sulfide) groups is 1. The van der Waals surface area contributed by atoms with E-state index in [-0.39, 0.29) is 26.5 Å². The van der Waals surface area contributed by atoms with Gasteiger partial charge in [0.05, 0.1) is 18.2 Å². The number of hydrogen-bond donors (Lipinski definition) is 3. The van der Waals surface area contributed by atoms with Gasteiger partial charge in [-0.05, 0) is 44.7 Å². The Bertz CT molecular complexity index is 949. The third-order valence-electron chi connectivity index (χ3n) is 6.95. The van der Waals surface area contributed by atoms with Gasteiger partial charge in [0.1, 0.15) is 0 Å². The molecule has 1 fully saturated rings. The maximum Gasteiger partial charge on any atom is 0.236 e. The number of unbranched alkanes of at least 4 members (excludes halogenated alkanes) is 2. The van der Waals surface area contributed by atoms with E-state index in [2.05, 4.69) is 46.8 Å². The summed E-state index contributed by atoms with van der Waals surface area (Å²) < 4.78 is 0. The maximum absolute atomic E-state index is 12.7. The smallest absolute Gasteiger partial charge is 0.236 e. The molecule has 0 aromatic heterocycles. The molecule has 8 nitrogen and oxygen atoms in total. The fourth-order valence-electron chi connectivity index (χ4n) is 4.89. The summed E-state index contributed by atoms with van der Waals surface area (Å²) in [6.07, 6.45) is 10.1. The summed E-state index contributed by atoms with van der Waals surface area (Å²) >= 11 is 1.61. The molecule has 228 valence electrons. The number of para-hydroxylation sites is 1. The molecule has 0 saturated carbocycles. The first-order valence-corrected chi connectivity index (χ1v) is 16.0. The molecule has 1 aromatic carbocycles. The molecule has 2 aliphatic rings. The second-order valence-corrected chi connectivity index (χ2v) is 11.8. The van der Waals surface area contributed by atoms with Gasteiger partial charge in [0, 0.05) is 46.9 Å². The van der Waals surface area contributed by atoms with Gasteiger partial charge in [0.2, 0.25) is 17.7 Å². The van der Waals surface area contributed by atoms with Crippen molar-refractivity contribution in [3.8, 4) is 0 Å². The lowest BCUT2D eigenvalue weighted by atomic mass is 10.0. The standard InChI is InChI=1S/C29H45N5O3S.C2H6.2H2/c1-4-6-13-23(12-5-2)28(37)30-17-11-7-8-16-27(36)34-20-18-33(19-21-34)22-26(35)32-29(3)31-24-14-9-10-15-25(24)38-29;1-2;;/h6,9-10,13-15,23,31H,4-5,7-8,11-12,16-22H2,1-3H3,(H,30,37)(H,32,35);1-2H3;2*1H/b13-6+;;;/t23-,29?;;;/m0.../s1. The minimum atomic E-state index is -0.551. The maximum atomic E-state index is 12.7. The first-order valence-electron chi connectivity index (χ1n) is 15.1. The summed E-state index contributed by atoms with van der Waals surface area (Å²) in [6, 6.07) is 8.05. The first-order chi connectivity index (χ1) is 19.3. The van der Waals surface area contributed by atoms with Crippen LogP contribution in [0.4, 0.5) is 5.69 Å². The molecule has 9 heteroatoms. The minimum absolute atomic E-state index is 0. The van der Waals surface area contributed by atoms with E-state index in [1.54, 1.807) is 11.8 Å². The Balaban J connectivity index is 0.00000411. The highest BCUT2D eigenvalue weighted by atomic mass is 32.2. The van der Waals surface area contributed by atoms with Crippen LogP contribution in [0.1, 0.15) is 82.4 Å². The van der Waals surface area contributed by atoms with Crippen LogP contribution in [0.3, 0.4) is 0 Å². The van der Waals surface area contributed by atoms with E-state index in [1.807, 2.05) is 49.9 Å². The van der Waals surface area contributed by atoms with Gasteiger partial charge in [-0.15, -0.1) is 0 Å². The normalized spacial score (nSPS) is 19.3. The molecule has 1 saturated heterocycles. The molecule has 3 rings (SSSR count). The van der Waals surface area contributed by atoms with E-state index in [0.29, 0.717) is 45.7 Å². The van der Waals surface area contributed by atoms with Gasteiger partial charge in [-0.3, -0.25) is 19.3 Å². The van der Waals surface area contributed by atoms with Gasteiger partial charge >= 0.3 is 0 Å². The van der Waals surface area contributed by atoms with Crippen LogP contribution in [0.25, 0.3) is 0 Å². The van der Waals surface area contributed by atoms with E-state index in [4.69, 9.17) is 0 Å². The number of anilines is 1. The van der Waals surface area contributed by atoms with Gasteiger partial charge in [0.25, 0.3) is 0 Å². The second kappa shape index (κ2) is 18.0. The molecule has 2 atom stereocenters. The molecule has 0 spiro atoms.